The number of hydrogen-bond acceptors (Lipinski definition) is 2. The van der Waals surface area contributed by atoms with Gasteiger partial charge in [-0.15, -0.1) is 0 Å². The van der Waals surface area contributed by atoms with E-state index in [-0.39, 0.29) is 16.9 Å². The number of hydrogen-bond donors (Lipinski definition) is 2. The van der Waals surface area contributed by atoms with Gasteiger partial charge < -0.3 is 10.4 Å². The van der Waals surface area contributed by atoms with Crippen molar-refractivity contribution in [2.75, 3.05) is 12.4 Å². The molecule has 0 fully saturated rings. The Kier molecular flexibility index (Phi) is 1.02. The summed E-state index contributed by atoms with van der Waals surface area (Å²) in [4.78, 5) is 17.3. The molecule has 0 aliphatic heterocycles. The first-order valence-electron chi connectivity index (χ1n) is 2.42. The van der Waals surface area contributed by atoms with Crippen molar-refractivity contribution in [3.8, 4) is 5.75 Å². The fourth-order valence-corrected chi connectivity index (χ4v) is 0.635. The number of anilines is 1. The molecule has 1 rings (SSSR count). The first kappa shape index (κ1) is 5.81. The predicted octanol–water partition coefficient (Wildman–Crippen LogP) is -1.68. The van der Waals surface area contributed by atoms with Gasteiger partial charge >= 0.3 is 10.9 Å². The van der Waals surface area contributed by atoms with Crippen LogP contribution in [0, 0.1) is 0 Å². The molecule has 0 aliphatic carbocycles. The van der Waals surface area contributed by atoms with Crippen LogP contribution in [-0.4, -0.2) is 21.7 Å². The summed E-state index contributed by atoms with van der Waals surface area (Å²) in [5, 5.41) is 11.2. The molecule has 0 aromatic heterocycles. The quantitative estimate of drug-likeness (QED) is 0.351. The summed E-state index contributed by atoms with van der Waals surface area (Å²) in [6.45, 7) is 0. The van der Waals surface area contributed by atoms with Crippen molar-refractivity contribution in [2.45, 2.75) is 0 Å². The third kappa shape index (κ3) is 0.526. The van der Waals surface area contributed by atoms with Crippen molar-refractivity contribution in [3.63, 3.8) is 0 Å². The van der Waals surface area contributed by atoms with Crippen LogP contribution in [0.15, 0.2) is 0 Å². The van der Waals surface area contributed by atoms with E-state index >= 15 is 0 Å². The fraction of sp³-hybridized carbons (Fsp3) is 0.200. The van der Waals surface area contributed by atoms with Crippen molar-refractivity contribution in [1.82, 2.24) is 0 Å². The number of rotatable bonds is 1. The molecule has 0 atom stereocenters. The molecule has 48 valence electrons. The Hall–Kier alpha value is -1.32. The maximum atomic E-state index is 8.70. The van der Waals surface area contributed by atoms with Gasteiger partial charge in [0.25, 0.3) is 5.75 Å². The highest BCUT2D eigenvalue weighted by Crippen LogP contribution is 2.11. The standard InChI is InChI=1S/C5H5NO3/c1-6-2-3(7)5(9)4(2)8/h6-7H,1H3/p+2. The van der Waals surface area contributed by atoms with E-state index < -0.39 is 5.43 Å². The van der Waals surface area contributed by atoms with E-state index in [2.05, 4.69) is 5.32 Å². The van der Waals surface area contributed by atoms with E-state index in [1.54, 1.807) is 0 Å². The minimum Gasteiger partial charge on any atom is -0.498 e. The lowest BCUT2D eigenvalue weighted by atomic mass is 10.2. The van der Waals surface area contributed by atoms with Gasteiger partial charge in [0.1, 0.15) is 0 Å². The second-order valence-electron chi connectivity index (χ2n) is 1.67. The van der Waals surface area contributed by atoms with E-state index in [4.69, 9.17) is 14.7 Å². The Morgan fingerprint density at radius 3 is 2.11 bits per heavy atom. The maximum Gasteiger partial charge on any atom is 0.488 e. The minimum absolute atomic E-state index is 0.188. The fourth-order valence-electron chi connectivity index (χ4n) is 0.635. The molecule has 1 aromatic rings. The lowest BCUT2D eigenvalue weighted by molar-refractivity contribution is 0.402. The van der Waals surface area contributed by atoms with Crippen molar-refractivity contribution in [1.29, 1.82) is 0 Å². The van der Waals surface area contributed by atoms with Crippen LogP contribution >= 0.6 is 0 Å². The smallest absolute Gasteiger partial charge is 0.488 e. The molecule has 0 bridgehead atoms. The normalized spacial score (nSPS) is 9.89. The topological polar surface area (TPSA) is 75.1 Å². The Morgan fingerprint density at radius 2 is 1.89 bits per heavy atom. The monoisotopic (exact) mass is 129 g/mol. The maximum absolute atomic E-state index is 8.70. The van der Waals surface area contributed by atoms with E-state index in [9.17, 15) is 0 Å². The van der Waals surface area contributed by atoms with Crippen molar-refractivity contribution >= 4 is 5.69 Å². The highest BCUT2D eigenvalue weighted by atomic mass is 16.3. The molecule has 9 heavy (non-hydrogen) atoms. The molecule has 0 amide bonds. The van der Waals surface area contributed by atoms with Gasteiger partial charge in [-0.3, -0.25) is 9.59 Å². The zero-order valence-electron chi connectivity index (χ0n) is 4.84. The van der Waals surface area contributed by atoms with E-state index in [0.717, 1.165) is 0 Å². The second-order valence-corrected chi connectivity index (χ2v) is 1.67. The average Bonchev–Trinajstić information content (AvgIpc) is 1.89. The van der Waals surface area contributed by atoms with E-state index in [1.165, 1.54) is 7.05 Å². The first-order valence-corrected chi connectivity index (χ1v) is 2.42. The van der Waals surface area contributed by atoms with Gasteiger partial charge in [0.15, 0.2) is 0 Å². The largest absolute Gasteiger partial charge is 0.498 e. The SMILES string of the molecule is CNc1c(O)c(=[OH+])c1=[OH+]. The third-order valence-corrected chi connectivity index (χ3v) is 1.17. The van der Waals surface area contributed by atoms with Crippen LogP contribution in [0.2, 0.25) is 0 Å². The molecular weight excluding hydrogens is 122 g/mol. The summed E-state index contributed by atoms with van der Waals surface area (Å²) >= 11 is 0. The van der Waals surface area contributed by atoms with Gasteiger partial charge in [0, 0.05) is 7.05 Å². The molecule has 0 heterocycles. The second kappa shape index (κ2) is 1.58. The van der Waals surface area contributed by atoms with Gasteiger partial charge in [-0.2, -0.15) is 0 Å². The molecule has 0 saturated carbocycles. The van der Waals surface area contributed by atoms with Gasteiger partial charge in [-0.1, -0.05) is 0 Å². The Morgan fingerprint density at radius 1 is 1.33 bits per heavy atom. The molecule has 0 spiro atoms. The molecule has 0 unspecified atom stereocenters. The average molecular weight is 129 g/mol. The highest BCUT2D eigenvalue weighted by Gasteiger charge is 2.29. The summed E-state index contributed by atoms with van der Waals surface area (Å²) in [5.41, 5.74) is -0.540. The lowest BCUT2D eigenvalue weighted by Crippen LogP contribution is -2.35. The van der Waals surface area contributed by atoms with Crippen molar-refractivity contribution < 1.29 is 14.7 Å². The van der Waals surface area contributed by atoms with Crippen molar-refractivity contribution in [3.05, 3.63) is 10.9 Å². The lowest BCUT2D eigenvalue weighted by Gasteiger charge is -1.93. The van der Waals surface area contributed by atoms with Crippen LogP contribution < -0.4 is 16.2 Å². The molecule has 0 radical (unpaired) electrons. The molecule has 1 aromatic carbocycles. The van der Waals surface area contributed by atoms with Gasteiger partial charge in [0.05, 0.1) is 0 Å². The molecule has 0 aliphatic rings. The minimum atomic E-state index is -0.445. The van der Waals surface area contributed by atoms with Gasteiger partial charge in [-0.05, 0) is 0 Å². The highest BCUT2D eigenvalue weighted by molar-refractivity contribution is 5.58. The third-order valence-electron chi connectivity index (χ3n) is 1.17. The zero-order valence-corrected chi connectivity index (χ0v) is 4.84. The molecule has 4 nitrogen and oxygen atoms in total. The Bertz CT molecular complexity index is 295. The summed E-state index contributed by atoms with van der Waals surface area (Å²) < 4.78 is 0. The predicted molar refractivity (Wildman–Crippen MR) is 30.2 cm³/mol. The van der Waals surface area contributed by atoms with Crippen LogP contribution in [0.3, 0.4) is 0 Å². The summed E-state index contributed by atoms with van der Waals surface area (Å²) in [7, 11) is 1.54. The molecule has 4 N–H and O–H groups in total. The van der Waals surface area contributed by atoms with Crippen LogP contribution in [-0.2, 0) is 0 Å². The van der Waals surface area contributed by atoms with Gasteiger partial charge in [-0.25, -0.2) is 0 Å². The summed E-state index contributed by atoms with van der Waals surface area (Å²) in [6, 6.07) is 0. The van der Waals surface area contributed by atoms with Crippen molar-refractivity contribution in [2.24, 2.45) is 0 Å². The van der Waals surface area contributed by atoms with Gasteiger partial charge in [0.2, 0.25) is 5.69 Å². The zero-order chi connectivity index (χ0) is 7.02. The molecule has 0 saturated heterocycles. The Labute approximate surface area is 50.4 Å². The molecule has 4 heteroatoms. The summed E-state index contributed by atoms with van der Waals surface area (Å²) in [6.07, 6.45) is 0. The summed E-state index contributed by atoms with van der Waals surface area (Å²) in [5.74, 6) is -0.282. The van der Waals surface area contributed by atoms with Crippen LogP contribution in [0.1, 0.15) is 0 Å². The van der Waals surface area contributed by atoms with E-state index in [1.807, 2.05) is 0 Å². The number of aromatic hydroxyl groups is 1. The first-order chi connectivity index (χ1) is 4.18. The number of nitrogens with one attached hydrogen (secondary N) is 1. The van der Waals surface area contributed by atoms with Crippen LogP contribution in [0.25, 0.3) is 0 Å². The van der Waals surface area contributed by atoms with Crippen LogP contribution in [0.4, 0.5) is 5.69 Å². The van der Waals surface area contributed by atoms with Crippen LogP contribution in [0.5, 0.6) is 5.75 Å². The van der Waals surface area contributed by atoms with E-state index in [0.29, 0.717) is 0 Å². The molecular formula is C5H7NO3+2. The Balaban J connectivity index is 3.25.